The standard InChI is InChI=1S/C26H26N2O3/c29-25(22-11-5-4-10-21(22)15-14-20-8-2-1-3-9-20)27-24-13-7-6-12-23(24)26(30)28-16-18-31-19-17-28/h1-13H,14-19H2,(H,27,29). The molecule has 4 rings (SSSR count). The van der Waals surface area contributed by atoms with Crippen LogP contribution in [0.15, 0.2) is 78.9 Å². The molecule has 0 unspecified atom stereocenters. The molecular weight excluding hydrogens is 388 g/mol. The fourth-order valence-corrected chi connectivity index (χ4v) is 3.79. The number of carbonyl (C=O) groups is 2. The Morgan fingerprint density at radius 2 is 1.42 bits per heavy atom. The maximum atomic E-state index is 13.1. The average molecular weight is 415 g/mol. The van der Waals surface area contributed by atoms with E-state index in [1.807, 2.05) is 54.6 Å². The van der Waals surface area contributed by atoms with Crippen molar-refractivity contribution in [2.24, 2.45) is 0 Å². The second-order valence-corrected chi connectivity index (χ2v) is 7.55. The summed E-state index contributed by atoms with van der Waals surface area (Å²) in [6.45, 7) is 2.19. The van der Waals surface area contributed by atoms with Gasteiger partial charge in [0, 0.05) is 18.7 Å². The zero-order valence-electron chi connectivity index (χ0n) is 17.4. The Hall–Kier alpha value is -3.44. The molecule has 1 N–H and O–H groups in total. The first-order valence-electron chi connectivity index (χ1n) is 10.6. The number of hydrogen-bond donors (Lipinski definition) is 1. The van der Waals surface area contributed by atoms with Gasteiger partial charge < -0.3 is 15.0 Å². The quantitative estimate of drug-likeness (QED) is 0.658. The lowest BCUT2D eigenvalue weighted by Crippen LogP contribution is -2.41. The van der Waals surface area contributed by atoms with E-state index in [0.717, 1.165) is 18.4 Å². The van der Waals surface area contributed by atoms with E-state index in [1.54, 1.807) is 17.0 Å². The summed E-state index contributed by atoms with van der Waals surface area (Å²) in [6, 6.07) is 25.1. The van der Waals surface area contributed by atoms with Crippen molar-refractivity contribution in [2.75, 3.05) is 31.6 Å². The molecule has 0 radical (unpaired) electrons. The molecule has 1 aliphatic heterocycles. The van der Waals surface area contributed by atoms with Gasteiger partial charge in [0.15, 0.2) is 0 Å². The third-order valence-electron chi connectivity index (χ3n) is 5.49. The van der Waals surface area contributed by atoms with Gasteiger partial charge in [0.2, 0.25) is 0 Å². The molecule has 158 valence electrons. The van der Waals surface area contributed by atoms with Crippen molar-refractivity contribution in [2.45, 2.75) is 12.8 Å². The Morgan fingerprint density at radius 3 is 2.19 bits per heavy atom. The highest BCUT2D eigenvalue weighted by Crippen LogP contribution is 2.21. The van der Waals surface area contributed by atoms with E-state index < -0.39 is 0 Å². The molecule has 1 heterocycles. The fraction of sp³-hybridized carbons (Fsp3) is 0.231. The number of rotatable bonds is 6. The Bertz CT molecular complexity index is 1040. The van der Waals surface area contributed by atoms with Gasteiger partial charge >= 0.3 is 0 Å². The summed E-state index contributed by atoms with van der Waals surface area (Å²) in [4.78, 5) is 27.9. The molecule has 0 atom stereocenters. The summed E-state index contributed by atoms with van der Waals surface area (Å²) in [7, 11) is 0. The van der Waals surface area contributed by atoms with Crippen molar-refractivity contribution >= 4 is 17.5 Å². The first-order valence-corrected chi connectivity index (χ1v) is 10.6. The van der Waals surface area contributed by atoms with Crippen molar-refractivity contribution in [1.82, 2.24) is 4.90 Å². The zero-order valence-corrected chi connectivity index (χ0v) is 17.4. The van der Waals surface area contributed by atoms with Crippen LogP contribution < -0.4 is 5.32 Å². The highest BCUT2D eigenvalue weighted by atomic mass is 16.5. The van der Waals surface area contributed by atoms with Gasteiger partial charge in [-0.1, -0.05) is 60.7 Å². The largest absolute Gasteiger partial charge is 0.378 e. The maximum absolute atomic E-state index is 13.1. The molecule has 3 aromatic carbocycles. The number of anilines is 1. The molecule has 0 aromatic heterocycles. The molecule has 0 bridgehead atoms. The van der Waals surface area contributed by atoms with Crippen LogP contribution in [0.5, 0.6) is 0 Å². The average Bonchev–Trinajstić information content (AvgIpc) is 2.84. The van der Waals surface area contributed by atoms with Crippen LogP contribution in [0.4, 0.5) is 5.69 Å². The molecule has 31 heavy (non-hydrogen) atoms. The van der Waals surface area contributed by atoms with Crippen molar-refractivity contribution in [3.63, 3.8) is 0 Å². The predicted molar refractivity (Wildman–Crippen MR) is 121 cm³/mol. The fourth-order valence-electron chi connectivity index (χ4n) is 3.79. The normalized spacial score (nSPS) is 13.6. The molecular formula is C26H26N2O3. The van der Waals surface area contributed by atoms with Crippen LogP contribution in [0.3, 0.4) is 0 Å². The lowest BCUT2D eigenvalue weighted by Gasteiger charge is -2.27. The molecule has 0 aliphatic carbocycles. The number of nitrogens with one attached hydrogen (secondary N) is 1. The minimum atomic E-state index is -0.203. The number of morpholine rings is 1. The number of ether oxygens (including phenoxy) is 1. The highest BCUT2D eigenvalue weighted by molar-refractivity contribution is 6.09. The van der Waals surface area contributed by atoms with Crippen LogP contribution >= 0.6 is 0 Å². The zero-order chi connectivity index (χ0) is 21.5. The van der Waals surface area contributed by atoms with Gasteiger partial charge in [-0.2, -0.15) is 0 Å². The minimum Gasteiger partial charge on any atom is -0.378 e. The van der Waals surface area contributed by atoms with E-state index in [1.165, 1.54) is 5.56 Å². The third-order valence-corrected chi connectivity index (χ3v) is 5.49. The smallest absolute Gasteiger partial charge is 0.256 e. The van der Waals surface area contributed by atoms with E-state index in [0.29, 0.717) is 43.1 Å². The Balaban J connectivity index is 1.51. The topological polar surface area (TPSA) is 58.6 Å². The Labute approximate surface area is 182 Å². The SMILES string of the molecule is O=C(Nc1ccccc1C(=O)N1CCOCC1)c1ccccc1CCc1ccccc1. The number of amides is 2. The summed E-state index contributed by atoms with van der Waals surface area (Å²) in [5, 5.41) is 2.97. The van der Waals surface area contributed by atoms with Gasteiger partial charge in [0.1, 0.15) is 0 Å². The summed E-state index contributed by atoms with van der Waals surface area (Å²) in [5.41, 5.74) is 3.88. The second-order valence-electron chi connectivity index (χ2n) is 7.55. The van der Waals surface area contributed by atoms with Gasteiger partial charge in [0.25, 0.3) is 11.8 Å². The van der Waals surface area contributed by atoms with Crippen molar-refractivity contribution in [3.05, 3.63) is 101 Å². The van der Waals surface area contributed by atoms with E-state index in [2.05, 4.69) is 17.4 Å². The molecule has 0 spiro atoms. The van der Waals surface area contributed by atoms with Crippen LogP contribution in [-0.4, -0.2) is 43.0 Å². The van der Waals surface area contributed by atoms with Crippen LogP contribution in [0.25, 0.3) is 0 Å². The number of benzene rings is 3. The Kier molecular flexibility index (Phi) is 6.75. The van der Waals surface area contributed by atoms with Crippen molar-refractivity contribution in [1.29, 1.82) is 0 Å². The molecule has 5 heteroatoms. The van der Waals surface area contributed by atoms with Crippen LogP contribution in [0, 0.1) is 0 Å². The first kappa shape index (κ1) is 20.8. The Morgan fingerprint density at radius 1 is 0.774 bits per heavy atom. The minimum absolute atomic E-state index is 0.0865. The number of hydrogen-bond acceptors (Lipinski definition) is 3. The lowest BCUT2D eigenvalue weighted by molar-refractivity contribution is 0.0303. The lowest BCUT2D eigenvalue weighted by atomic mass is 9.99. The number of aryl methyl sites for hydroxylation is 2. The molecule has 1 aliphatic rings. The van der Waals surface area contributed by atoms with Gasteiger partial charge in [-0.3, -0.25) is 9.59 Å². The van der Waals surface area contributed by atoms with Crippen molar-refractivity contribution < 1.29 is 14.3 Å². The molecule has 1 fully saturated rings. The summed E-state index contributed by atoms with van der Waals surface area (Å²) in [6.07, 6.45) is 1.62. The summed E-state index contributed by atoms with van der Waals surface area (Å²) in [5.74, 6) is -0.289. The van der Waals surface area contributed by atoms with Crippen LogP contribution in [0.2, 0.25) is 0 Å². The number of para-hydroxylation sites is 1. The number of carbonyl (C=O) groups excluding carboxylic acids is 2. The maximum Gasteiger partial charge on any atom is 0.256 e. The van der Waals surface area contributed by atoms with Gasteiger partial charge in [0.05, 0.1) is 24.5 Å². The summed E-state index contributed by atoms with van der Waals surface area (Å²) >= 11 is 0. The van der Waals surface area contributed by atoms with Crippen LogP contribution in [-0.2, 0) is 17.6 Å². The van der Waals surface area contributed by atoms with Gasteiger partial charge in [-0.05, 0) is 42.2 Å². The molecule has 5 nitrogen and oxygen atoms in total. The predicted octanol–water partition coefficient (Wildman–Crippen LogP) is 4.20. The summed E-state index contributed by atoms with van der Waals surface area (Å²) < 4.78 is 5.34. The molecule has 1 saturated heterocycles. The van der Waals surface area contributed by atoms with E-state index in [4.69, 9.17) is 4.74 Å². The van der Waals surface area contributed by atoms with Crippen LogP contribution in [0.1, 0.15) is 31.8 Å². The van der Waals surface area contributed by atoms with Crippen molar-refractivity contribution in [3.8, 4) is 0 Å². The molecule has 3 aromatic rings. The van der Waals surface area contributed by atoms with Gasteiger partial charge in [-0.25, -0.2) is 0 Å². The number of nitrogens with zero attached hydrogens (tertiary/aromatic N) is 1. The van der Waals surface area contributed by atoms with E-state index in [9.17, 15) is 9.59 Å². The highest BCUT2D eigenvalue weighted by Gasteiger charge is 2.22. The monoisotopic (exact) mass is 414 g/mol. The first-order chi connectivity index (χ1) is 15.2. The second kappa shape index (κ2) is 10.0. The third kappa shape index (κ3) is 5.19. The molecule has 2 amide bonds. The van der Waals surface area contributed by atoms with E-state index >= 15 is 0 Å². The van der Waals surface area contributed by atoms with Gasteiger partial charge in [-0.15, -0.1) is 0 Å². The molecule has 0 saturated carbocycles. The van der Waals surface area contributed by atoms with E-state index in [-0.39, 0.29) is 11.8 Å².